The van der Waals surface area contributed by atoms with Crippen LogP contribution in [0.1, 0.15) is 25.0 Å². The molecule has 0 atom stereocenters. The van der Waals surface area contributed by atoms with Gasteiger partial charge in [0.05, 0.1) is 0 Å². The first-order valence-corrected chi connectivity index (χ1v) is 19.1. The van der Waals surface area contributed by atoms with E-state index in [1.165, 1.54) is 71.4 Å². The third-order valence-corrected chi connectivity index (χ3v) is 11.8. The monoisotopic (exact) mass is 703 g/mol. The first-order chi connectivity index (χ1) is 27.0. The smallest absolute Gasteiger partial charge is 0.136 e. The molecule has 55 heavy (non-hydrogen) atoms. The Morgan fingerprint density at radius 2 is 1.07 bits per heavy atom. The summed E-state index contributed by atoms with van der Waals surface area (Å²) >= 11 is 0. The molecule has 0 saturated heterocycles. The Hall–Kier alpha value is -6.90. The van der Waals surface area contributed by atoms with Crippen molar-refractivity contribution in [3.8, 4) is 33.4 Å². The topological polar surface area (TPSA) is 16.4 Å². The summed E-state index contributed by atoms with van der Waals surface area (Å²) in [6.45, 7) is 4.71. The van der Waals surface area contributed by atoms with Gasteiger partial charge < -0.3 is 9.32 Å². The van der Waals surface area contributed by atoms with E-state index >= 15 is 0 Å². The molecule has 260 valence electrons. The second-order valence-corrected chi connectivity index (χ2v) is 15.3. The molecule has 0 fully saturated rings. The predicted molar refractivity (Wildman–Crippen MR) is 232 cm³/mol. The van der Waals surface area contributed by atoms with Crippen LogP contribution in [0, 0.1) is 0 Å². The number of fused-ring (bicyclic) bond motifs is 9. The van der Waals surface area contributed by atoms with Crippen molar-refractivity contribution >= 4 is 60.5 Å². The molecule has 2 nitrogen and oxygen atoms in total. The van der Waals surface area contributed by atoms with Gasteiger partial charge in [-0.15, -0.1) is 0 Å². The summed E-state index contributed by atoms with van der Waals surface area (Å²) in [7, 11) is 0. The van der Waals surface area contributed by atoms with Crippen molar-refractivity contribution in [1.29, 1.82) is 0 Å². The lowest BCUT2D eigenvalue weighted by atomic mass is 9.82. The molecule has 11 rings (SSSR count). The van der Waals surface area contributed by atoms with Crippen molar-refractivity contribution in [2.45, 2.75) is 19.3 Å². The van der Waals surface area contributed by atoms with Crippen LogP contribution in [-0.2, 0) is 5.41 Å². The predicted octanol–water partition coefficient (Wildman–Crippen LogP) is 15.0. The molecule has 0 aliphatic heterocycles. The Morgan fingerprint density at radius 1 is 0.382 bits per heavy atom. The van der Waals surface area contributed by atoms with E-state index in [0.717, 1.165) is 33.6 Å². The van der Waals surface area contributed by atoms with Crippen LogP contribution >= 0.6 is 0 Å². The number of rotatable bonds is 5. The molecule has 2 heteroatoms. The molecule has 0 radical (unpaired) electrons. The molecular formula is C53H37NO. The highest BCUT2D eigenvalue weighted by Crippen LogP contribution is 2.51. The van der Waals surface area contributed by atoms with Crippen LogP contribution in [0.3, 0.4) is 0 Å². The number of benzene rings is 9. The van der Waals surface area contributed by atoms with Gasteiger partial charge in [-0.25, -0.2) is 0 Å². The van der Waals surface area contributed by atoms with Crippen LogP contribution in [-0.4, -0.2) is 0 Å². The molecule has 0 bridgehead atoms. The van der Waals surface area contributed by atoms with Gasteiger partial charge in [-0.1, -0.05) is 147 Å². The number of hydrogen-bond donors (Lipinski definition) is 0. The van der Waals surface area contributed by atoms with Gasteiger partial charge in [0.25, 0.3) is 0 Å². The molecule has 1 aliphatic rings. The second-order valence-electron chi connectivity index (χ2n) is 15.3. The van der Waals surface area contributed by atoms with Crippen LogP contribution in [0.4, 0.5) is 17.1 Å². The molecule has 1 aromatic heterocycles. The van der Waals surface area contributed by atoms with E-state index in [2.05, 4.69) is 195 Å². The van der Waals surface area contributed by atoms with Gasteiger partial charge in [0.2, 0.25) is 0 Å². The summed E-state index contributed by atoms with van der Waals surface area (Å²) in [6, 6.07) is 68.6. The number of anilines is 3. The quantitative estimate of drug-likeness (QED) is 0.177. The molecule has 0 saturated carbocycles. The van der Waals surface area contributed by atoms with Gasteiger partial charge in [0, 0.05) is 33.2 Å². The van der Waals surface area contributed by atoms with E-state index in [-0.39, 0.29) is 5.41 Å². The Bertz CT molecular complexity index is 3120. The fraction of sp³-hybridized carbons (Fsp3) is 0.0566. The van der Waals surface area contributed by atoms with Crippen LogP contribution in [0.15, 0.2) is 192 Å². The standard InChI is InChI=1S/C53H37NO/c1-53(2)48-19-7-5-16-45(48)46-29-27-41(33-49(46)53)54(40-14-9-13-37(32-40)43-18-10-12-35-11-3-4-15-42(35)43)39-25-21-34(22-26-39)36-23-28-44-38(31-36)24-30-51-52(44)47-17-6-8-20-50(47)55-51/h3-33H,1-2H3. The zero-order valence-electron chi connectivity index (χ0n) is 30.8. The number of hydrogen-bond acceptors (Lipinski definition) is 2. The van der Waals surface area contributed by atoms with Crippen molar-refractivity contribution in [3.63, 3.8) is 0 Å². The number of para-hydroxylation sites is 1. The highest BCUT2D eigenvalue weighted by atomic mass is 16.3. The van der Waals surface area contributed by atoms with Gasteiger partial charge in [-0.2, -0.15) is 0 Å². The SMILES string of the molecule is CC1(C)c2ccccc2-c2ccc(N(c3ccc(-c4ccc5c(ccc6oc7ccccc7c65)c4)cc3)c3cccc(-c4cccc5ccccc45)c3)cc21. The van der Waals surface area contributed by atoms with Crippen molar-refractivity contribution in [2.24, 2.45) is 0 Å². The van der Waals surface area contributed by atoms with Crippen LogP contribution < -0.4 is 4.90 Å². The maximum Gasteiger partial charge on any atom is 0.136 e. The largest absolute Gasteiger partial charge is 0.456 e. The highest BCUT2D eigenvalue weighted by Gasteiger charge is 2.35. The van der Waals surface area contributed by atoms with Crippen molar-refractivity contribution in [3.05, 3.63) is 199 Å². The van der Waals surface area contributed by atoms with E-state index in [0.29, 0.717) is 0 Å². The third kappa shape index (κ3) is 4.95. The van der Waals surface area contributed by atoms with E-state index in [4.69, 9.17) is 4.42 Å². The first-order valence-electron chi connectivity index (χ1n) is 19.1. The fourth-order valence-electron chi connectivity index (χ4n) is 9.10. The van der Waals surface area contributed by atoms with E-state index in [1.54, 1.807) is 0 Å². The molecule has 10 aromatic rings. The molecule has 0 spiro atoms. The Labute approximate surface area is 320 Å². The zero-order chi connectivity index (χ0) is 36.7. The summed E-state index contributed by atoms with van der Waals surface area (Å²) < 4.78 is 6.18. The lowest BCUT2D eigenvalue weighted by Crippen LogP contribution is -2.16. The summed E-state index contributed by atoms with van der Waals surface area (Å²) in [5.74, 6) is 0. The third-order valence-electron chi connectivity index (χ3n) is 11.8. The van der Waals surface area contributed by atoms with E-state index < -0.39 is 0 Å². The van der Waals surface area contributed by atoms with Gasteiger partial charge in [0.1, 0.15) is 11.2 Å². The molecule has 1 heterocycles. The number of furan rings is 1. The minimum atomic E-state index is -0.104. The molecular weight excluding hydrogens is 667 g/mol. The molecule has 0 N–H and O–H groups in total. The lowest BCUT2D eigenvalue weighted by molar-refractivity contribution is 0.660. The maximum atomic E-state index is 6.18. The lowest BCUT2D eigenvalue weighted by Gasteiger charge is -2.28. The zero-order valence-corrected chi connectivity index (χ0v) is 30.8. The van der Waals surface area contributed by atoms with Crippen molar-refractivity contribution in [2.75, 3.05) is 4.90 Å². The molecule has 9 aromatic carbocycles. The molecule has 1 aliphatic carbocycles. The van der Waals surface area contributed by atoms with Crippen LogP contribution in [0.25, 0.3) is 76.9 Å². The molecule has 0 unspecified atom stereocenters. The second kappa shape index (κ2) is 12.1. The Morgan fingerprint density at radius 3 is 1.98 bits per heavy atom. The van der Waals surface area contributed by atoms with Crippen molar-refractivity contribution in [1.82, 2.24) is 0 Å². The maximum absolute atomic E-state index is 6.18. The summed E-state index contributed by atoms with van der Waals surface area (Å²) in [6.07, 6.45) is 0. The van der Waals surface area contributed by atoms with Gasteiger partial charge in [-0.3, -0.25) is 0 Å². The average Bonchev–Trinajstić information content (AvgIpc) is 3.73. The van der Waals surface area contributed by atoms with E-state index in [9.17, 15) is 0 Å². The highest BCUT2D eigenvalue weighted by molar-refractivity contribution is 6.19. The van der Waals surface area contributed by atoms with Gasteiger partial charge >= 0.3 is 0 Å². The normalized spacial score (nSPS) is 13.1. The minimum absolute atomic E-state index is 0.104. The average molecular weight is 704 g/mol. The number of nitrogens with zero attached hydrogens (tertiary/aromatic N) is 1. The van der Waals surface area contributed by atoms with Crippen molar-refractivity contribution < 1.29 is 4.42 Å². The Balaban J connectivity index is 1.03. The minimum Gasteiger partial charge on any atom is -0.456 e. The molecule has 0 amide bonds. The van der Waals surface area contributed by atoms with Crippen LogP contribution in [0.2, 0.25) is 0 Å². The summed E-state index contributed by atoms with van der Waals surface area (Å²) in [5.41, 5.74) is 15.3. The van der Waals surface area contributed by atoms with Gasteiger partial charge in [-0.05, 0) is 121 Å². The fourth-order valence-corrected chi connectivity index (χ4v) is 9.10. The summed E-state index contributed by atoms with van der Waals surface area (Å²) in [4.78, 5) is 2.42. The first kappa shape index (κ1) is 31.6. The van der Waals surface area contributed by atoms with Gasteiger partial charge in [0.15, 0.2) is 0 Å². The van der Waals surface area contributed by atoms with Crippen LogP contribution in [0.5, 0.6) is 0 Å². The summed E-state index contributed by atoms with van der Waals surface area (Å²) in [5, 5.41) is 7.25. The van der Waals surface area contributed by atoms with E-state index in [1.807, 2.05) is 12.1 Å². The Kier molecular flexibility index (Phi) is 6.93.